The van der Waals surface area contributed by atoms with Gasteiger partial charge >= 0.3 is 0 Å². The molecule has 0 aliphatic rings. The average molecular weight is 281 g/mol. The molecule has 0 aliphatic heterocycles. The van der Waals surface area contributed by atoms with Crippen molar-refractivity contribution in [3.8, 4) is 0 Å². The van der Waals surface area contributed by atoms with E-state index in [1.165, 1.54) is 0 Å². The first-order chi connectivity index (χ1) is 10.2. The summed E-state index contributed by atoms with van der Waals surface area (Å²) < 4.78 is 5.23. The quantitative estimate of drug-likeness (QED) is 0.797. The normalized spacial score (nSPS) is 10.7. The first kappa shape index (κ1) is 13.3. The molecule has 1 aromatic carbocycles. The Bertz CT molecular complexity index is 766. The first-order valence-corrected chi connectivity index (χ1v) is 6.74. The fourth-order valence-corrected chi connectivity index (χ4v) is 2.14. The molecule has 3 rings (SSSR count). The van der Waals surface area contributed by atoms with E-state index >= 15 is 0 Å². The van der Waals surface area contributed by atoms with Gasteiger partial charge in [0.25, 0.3) is 0 Å². The number of aryl methyl sites for hydroxylation is 1. The zero-order chi connectivity index (χ0) is 14.7. The Morgan fingerprint density at radius 3 is 3.00 bits per heavy atom. The van der Waals surface area contributed by atoms with Gasteiger partial charge in [0.15, 0.2) is 5.58 Å². The van der Waals surface area contributed by atoms with Crippen LogP contribution in [0.25, 0.3) is 11.0 Å². The molecule has 0 radical (unpaired) electrons. The van der Waals surface area contributed by atoms with E-state index in [0.717, 1.165) is 16.6 Å². The van der Waals surface area contributed by atoms with Crippen LogP contribution in [0.1, 0.15) is 17.0 Å². The van der Waals surface area contributed by atoms with Gasteiger partial charge in [0.05, 0.1) is 18.7 Å². The van der Waals surface area contributed by atoms with Crippen LogP contribution in [-0.2, 0) is 17.8 Å². The molecule has 0 bridgehead atoms. The van der Waals surface area contributed by atoms with Crippen LogP contribution in [-0.4, -0.2) is 16.0 Å². The fourth-order valence-electron chi connectivity index (χ4n) is 2.14. The molecule has 0 aliphatic carbocycles. The van der Waals surface area contributed by atoms with Gasteiger partial charge in [0.1, 0.15) is 5.69 Å². The second kappa shape index (κ2) is 5.75. The van der Waals surface area contributed by atoms with Crippen molar-refractivity contribution in [2.75, 3.05) is 0 Å². The largest absolute Gasteiger partial charge is 0.356 e. The first-order valence-electron chi connectivity index (χ1n) is 6.74. The lowest BCUT2D eigenvalue weighted by Gasteiger charge is -2.03. The SMILES string of the molecule is Cc1ccc2onc(CC(=O)NCc3ccccn3)c2c1. The average Bonchev–Trinajstić information content (AvgIpc) is 2.88. The summed E-state index contributed by atoms with van der Waals surface area (Å²) in [4.78, 5) is 16.2. The Hall–Kier alpha value is -2.69. The zero-order valence-corrected chi connectivity index (χ0v) is 11.7. The molecular formula is C16H15N3O2. The zero-order valence-electron chi connectivity index (χ0n) is 11.7. The minimum atomic E-state index is -0.0997. The molecule has 1 N–H and O–H groups in total. The predicted molar refractivity (Wildman–Crippen MR) is 78.5 cm³/mol. The summed E-state index contributed by atoms with van der Waals surface area (Å²) in [6, 6.07) is 11.4. The number of nitrogens with one attached hydrogen (secondary N) is 1. The molecule has 0 spiro atoms. The van der Waals surface area contributed by atoms with Crippen molar-refractivity contribution in [2.45, 2.75) is 19.9 Å². The van der Waals surface area contributed by atoms with Gasteiger partial charge in [0.2, 0.25) is 5.91 Å². The fraction of sp³-hybridized carbons (Fsp3) is 0.188. The van der Waals surface area contributed by atoms with Crippen molar-refractivity contribution in [3.63, 3.8) is 0 Å². The molecule has 3 aromatic rings. The number of aromatic nitrogens is 2. The number of hydrogen-bond acceptors (Lipinski definition) is 4. The van der Waals surface area contributed by atoms with Crippen LogP contribution in [0.5, 0.6) is 0 Å². The maximum absolute atomic E-state index is 12.0. The van der Waals surface area contributed by atoms with Gasteiger partial charge in [-0.2, -0.15) is 0 Å². The van der Waals surface area contributed by atoms with Crippen LogP contribution in [0, 0.1) is 6.92 Å². The molecule has 0 saturated carbocycles. The lowest BCUT2D eigenvalue weighted by molar-refractivity contribution is -0.120. The summed E-state index contributed by atoms with van der Waals surface area (Å²) >= 11 is 0. The highest BCUT2D eigenvalue weighted by Crippen LogP contribution is 2.20. The number of nitrogens with zero attached hydrogens (tertiary/aromatic N) is 2. The molecule has 0 unspecified atom stereocenters. The van der Waals surface area contributed by atoms with Crippen LogP contribution in [0.15, 0.2) is 47.1 Å². The molecule has 0 fully saturated rings. The summed E-state index contributed by atoms with van der Waals surface area (Å²) in [5, 5.41) is 7.71. The number of hydrogen-bond donors (Lipinski definition) is 1. The van der Waals surface area contributed by atoms with E-state index < -0.39 is 0 Å². The smallest absolute Gasteiger partial charge is 0.226 e. The van der Waals surface area contributed by atoms with Gasteiger partial charge in [0, 0.05) is 11.6 Å². The minimum absolute atomic E-state index is 0.0997. The monoisotopic (exact) mass is 281 g/mol. The number of carbonyl (C=O) groups excluding carboxylic acids is 1. The predicted octanol–water partition coefficient (Wildman–Crippen LogP) is 2.39. The number of rotatable bonds is 4. The highest BCUT2D eigenvalue weighted by molar-refractivity contribution is 5.86. The number of carbonyl (C=O) groups is 1. The van der Waals surface area contributed by atoms with E-state index in [1.54, 1.807) is 6.20 Å². The lowest BCUT2D eigenvalue weighted by Crippen LogP contribution is -2.25. The maximum atomic E-state index is 12.0. The van der Waals surface area contributed by atoms with Crippen LogP contribution < -0.4 is 5.32 Å². The van der Waals surface area contributed by atoms with Crippen molar-refractivity contribution >= 4 is 16.9 Å². The van der Waals surface area contributed by atoms with Gasteiger partial charge < -0.3 is 9.84 Å². The third-order valence-corrected chi connectivity index (χ3v) is 3.22. The molecule has 5 nitrogen and oxygen atoms in total. The van der Waals surface area contributed by atoms with Gasteiger partial charge in [-0.1, -0.05) is 22.9 Å². The molecule has 106 valence electrons. The van der Waals surface area contributed by atoms with Crippen molar-refractivity contribution in [2.24, 2.45) is 0 Å². The van der Waals surface area contributed by atoms with Crippen molar-refractivity contribution in [3.05, 3.63) is 59.5 Å². The summed E-state index contributed by atoms with van der Waals surface area (Å²) in [6.45, 7) is 2.41. The highest BCUT2D eigenvalue weighted by Gasteiger charge is 2.12. The van der Waals surface area contributed by atoms with Crippen LogP contribution in [0.4, 0.5) is 0 Å². The number of amides is 1. The van der Waals surface area contributed by atoms with Crippen molar-refractivity contribution < 1.29 is 9.32 Å². The van der Waals surface area contributed by atoms with Gasteiger partial charge in [-0.3, -0.25) is 9.78 Å². The van der Waals surface area contributed by atoms with Gasteiger partial charge in [-0.15, -0.1) is 0 Å². The standard InChI is InChI=1S/C16H15N3O2/c1-11-5-6-15-13(8-11)14(19-21-15)9-16(20)18-10-12-4-2-3-7-17-12/h2-8H,9-10H2,1H3,(H,18,20). The molecule has 5 heteroatoms. The Morgan fingerprint density at radius 2 is 2.19 bits per heavy atom. The van der Waals surface area contributed by atoms with Crippen LogP contribution in [0.3, 0.4) is 0 Å². The Balaban J connectivity index is 1.67. The Morgan fingerprint density at radius 1 is 1.29 bits per heavy atom. The van der Waals surface area contributed by atoms with E-state index in [0.29, 0.717) is 17.8 Å². The molecule has 1 amide bonds. The minimum Gasteiger partial charge on any atom is -0.356 e. The van der Waals surface area contributed by atoms with Crippen molar-refractivity contribution in [1.29, 1.82) is 0 Å². The van der Waals surface area contributed by atoms with E-state index in [2.05, 4.69) is 15.5 Å². The molecule has 21 heavy (non-hydrogen) atoms. The maximum Gasteiger partial charge on any atom is 0.226 e. The molecule has 2 heterocycles. The van der Waals surface area contributed by atoms with Gasteiger partial charge in [-0.05, 0) is 31.2 Å². The lowest BCUT2D eigenvalue weighted by atomic mass is 10.1. The van der Waals surface area contributed by atoms with E-state index in [4.69, 9.17) is 4.52 Å². The van der Waals surface area contributed by atoms with E-state index in [9.17, 15) is 4.79 Å². The summed E-state index contributed by atoms with van der Waals surface area (Å²) in [6.07, 6.45) is 1.90. The van der Waals surface area contributed by atoms with Crippen LogP contribution >= 0.6 is 0 Å². The summed E-state index contributed by atoms with van der Waals surface area (Å²) in [7, 11) is 0. The third-order valence-electron chi connectivity index (χ3n) is 3.22. The summed E-state index contributed by atoms with van der Waals surface area (Å²) in [5.41, 5.74) is 3.30. The second-order valence-corrected chi connectivity index (χ2v) is 4.90. The van der Waals surface area contributed by atoms with E-state index in [1.807, 2.05) is 43.3 Å². The molecule has 0 saturated heterocycles. The van der Waals surface area contributed by atoms with Crippen molar-refractivity contribution in [1.82, 2.24) is 15.5 Å². The summed E-state index contributed by atoms with van der Waals surface area (Å²) in [5.74, 6) is -0.0997. The van der Waals surface area contributed by atoms with E-state index in [-0.39, 0.29) is 12.3 Å². The topological polar surface area (TPSA) is 68.0 Å². The Labute approximate surface area is 122 Å². The van der Waals surface area contributed by atoms with Gasteiger partial charge in [-0.25, -0.2) is 0 Å². The Kier molecular flexibility index (Phi) is 3.64. The third kappa shape index (κ3) is 3.08. The highest BCUT2D eigenvalue weighted by atomic mass is 16.5. The molecule has 2 aromatic heterocycles. The second-order valence-electron chi connectivity index (χ2n) is 4.90. The number of fused-ring (bicyclic) bond motifs is 1. The molecular weight excluding hydrogens is 266 g/mol. The molecule has 0 atom stereocenters. The number of pyridine rings is 1. The van der Waals surface area contributed by atoms with Crippen LogP contribution in [0.2, 0.25) is 0 Å². The number of benzene rings is 1.